The van der Waals surface area contributed by atoms with Gasteiger partial charge >= 0.3 is 11.9 Å². The highest BCUT2D eigenvalue weighted by atomic mass is 19.1. The van der Waals surface area contributed by atoms with Crippen LogP contribution in [0.3, 0.4) is 0 Å². The second kappa shape index (κ2) is 10.2. The Hall–Kier alpha value is -3.42. The lowest BCUT2D eigenvalue weighted by Gasteiger charge is -2.16. The summed E-state index contributed by atoms with van der Waals surface area (Å²) in [5, 5.41) is 2.53. The molecule has 0 aliphatic carbocycles. The zero-order valence-corrected chi connectivity index (χ0v) is 16.4. The quantitative estimate of drug-likeness (QED) is 0.678. The summed E-state index contributed by atoms with van der Waals surface area (Å²) in [6.07, 6.45) is -0.995. The van der Waals surface area contributed by atoms with Crippen LogP contribution >= 0.6 is 0 Å². The smallest absolute Gasteiger partial charge is 0.338 e. The van der Waals surface area contributed by atoms with Crippen molar-refractivity contribution in [3.8, 4) is 5.75 Å². The van der Waals surface area contributed by atoms with E-state index in [0.717, 1.165) is 0 Å². The Morgan fingerprint density at radius 1 is 0.966 bits per heavy atom. The lowest BCUT2D eigenvalue weighted by atomic mass is 10.1. The molecule has 0 radical (unpaired) electrons. The van der Waals surface area contributed by atoms with Crippen LogP contribution < -0.4 is 10.1 Å². The molecule has 0 bridgehead atoms. The summed E-state index contributed by atoms with van der Waals surface area (Å²) >= 11 is 0. The third-order valence-electron chi connectivity index (χ3n) is 3.70. The number of hydrogen-bond acceptors (Lipinski definition) is 6. The minimum atomic E-state index is -0.995. The minimum Gasteiger partial charge on any atom is -0.481 e. The van der Waals surface area contributed by atoms with Crippen LogP contribution in [0.1, 0.15) is 41.5 Å². The van der Waals surface area contributed by atoms with Crippen molar-refractivity contribution < 1.29 is 33.0 Å². The predicted octanol–water partition coefficient (Wildman–Crippen LogP) is 3.59. The summed E-state index contributed by atoms with van der Waals surface area (Å²) in [5.41, 5.74) is 0.452. The Balaban J connectivity index is 2.21. The fraction of sp³-hybridized carbons (Fsp3) is 0.286. The Labute approximate surface area is 167 Å². The molecular weight excluding hydrogens is 381 g/mol. The molecule has 0 heterocycles. The highest BCUT2D eigenvalue weighted by Crippen LogP contribution is 2.21. The third kappa shape index (κ3) is 6.31. The van der Waals surface area contributed by atoms with Gasteiger partial charge in [0.1, 0.15) is 11.6 Å². The topological polar surface area (TPSA) is 90.9 Å². The molecule has 0 spiro atoms. The van der Waals surface area contributed by atoms with Crippen LogP contribution in [0.4, 0.5) is 10.1 Å². The molecule has 0 aliphatic heterocycles. The molecule has 0 saturated carbocycles. The van der Waals surface area contributed by atoms with E-state index in [1.165, 1.54) is 49.4 Å². The molecule has 0 aliphatic rings. The summed E-state index contributed by atoms with van der Waals surface area (Å²) in [4.78, 5) is 36.5. The van der Waals surface area contributed by atoms with Gasteiger partial charge in [-0.2, -0.15) is 0 Å². The first-order chi connectivity index (χ1) is 13.8. The molecular formula is C21H22FNO6. The maximum Gasteiger partial charge on any atom is 0.338 e. The van der Waals surface area contributed by atoms with E-state index in [1.54, 1.807) is 13.8 Å². The van der Waals surface area contributed by atoms with Crippen LogP contribution in [0.2, 0.25) is 0 Å². The van der Waals surface area contributed by atoms with E-state index in [1.807, 2.05) is 0 Å². The first-order valence-corrected chi connectivity index (χ1v) is 9.06. The molecule has 0 aromatic heterocycles. The molecule has 2 aromatic carbocycles. The van der Waals surface area contributed by atoms with Gasteiger partial charge in [-0.1, -0.05) is 6.07 Å². The SMILES string of the molecule is CCOC(=O)c1cc(O[C@H](C)C(=O)Nc2cccc(F)c2)cc(C(=O)OCC)c1. The monoisotopic (exact) mass is 403 g/mol. The van der Waals surface area contributed by atoms with Crippen molar-refractivity contribution in [2.24, 2.45) is 0 Å². The average molecular weight is 403 g/mol. The molecule has 29 heavy (non-hydrogen) atoms. The molecule has 154 valence electrons. The maximum atomic E-state index is 13.3. The van der Waals surface area contributed by atoms with E-state index < -0.39 is 29.8 Å². The van der Waals surface area contributed by atoms with Gasteiger partial charge in [0.15, 0.2) is 6.10 Å². The maximum absolute atomic E-state index is 13.3. The van der Waals surface area contributed by atoms with E-state index in [0.29, 0.717) is 0 Å². The number of hydrogen-bond donors (Lipinski definition) is 1. The molecule has 2 aromatic rings. The molecule has 8 heteroatoms. The largest absolute Gasteiger partial charge is 0.481 e. The molecule has 1 N–H and O–H groups in total. The predicted molar refractivity (Wildman–Crippen MR) is 103 cm³/mol. The number of anilines is 1. The summed E-state index contributed by atoms with van der Waals surface area (Å²) in [5.74, 6) is -2.19. The molecule has 7 nitrogen and oxygen atoms in total. The number of nitrogens with one attached hydrogen (secondary N) is 1. The fourth-order valence-electron chi connectivity index (χ4n) is 2.40. The van der Waals surface area contributed by atoms with Crippen molar-refractivity contribution in [1.82, 2.24) is 0 Å². The summed E-state index contributed by atoms with van der Waals surface area (Å²) in [6.45, 7) is 5.11. The zero-order chi connectivity index (χ0) is 21.4. The van der Waals surface area contributed by atoms with E-state index in [2.05, 4.69) is 5.32 Å². The number of carbonyl (C=O) groups is 3. The molecule has 1 amide bonds. The first-order valence-electron chi connectivity index (χ1n) is 9.06. The highest BCUT2D eigenvalue weighted by molar-refractivity contribution is 5.96. The van der Waals surface area contributed by atoms with Gasteiger partial charge in [-0.05, 0) is 57.2 Å². The molecule has 2 rings (SSSR count). The molecule has 1 atom stereocenters. The van der Waals surface area contributed by atoms with Crippen molar-refractivity contribution in [2.75, 3.05) is 18.5 Å². The summed E-state index contributed by atoms with van der Waals surface area (Å²) < 4.78 is 28.8. The Kier molecular flexibility index (Phi) is 7.70. The van der Waals surface area contributed by atoms with Crippen LogP contribution in [0.5, 0.6) is 5.75 Å². The number of esters is 2. The van der Waals surface area contributed by atoms with Crippen LogP contribution in [-0.2, 0) is 14.3 Å². The van der Waals surface area contributed by atoms with Crippen molar-refractivity contribution in [2.45, 2.75) is 26.9 Å². The average Bonchev–Trinajstić information content (AvgIpc) is 2.68. The molecule has 0 fully saturated rings. The van der Waals surface area contributed by atoms with E-state index in [-0.39, 0.29) is 35.8 Å². The molecule has 0 saturated heterocycles. The van der Waals surface area contributed by atoms with Crippen molar-refractivity contribution >= 4 is 23.5 Å². The van der Waals surface area contributed by atoms with Crippen LogP contribution in [-0.4, -0.2) is 37.2 Å². The first kappa shape index (κ1) is 21.9. The van der Waals surface area contributed by atoms with Gasteiger partial charge in [0.05, 0.1) is 24.3 Å². The van der Waals surface area contributed by atoms with Gasteiger partial charge in [0.2, 0.25) is 0 Å². The van der Waals surface area contributed by atoms with Gasteiger partial charge in [0.25, 0.3) is 5.91 Å². The van der Waals surface area contributed by atoms with Gasteiger partial charge in [-0.3, -0.25) is 4.79 Å². The van der Waals surface area contributed by atoms with Crippen molar-refractivity contribution in [3.05, 3.63) is 59.4 Å². The number of rotatable bonds is 8. The van der Waals surface area contributed by atoms with E-state index >= 15 is 0 Å². The second-order valence-electron chi connectivity index (χ2n) is 5.95. The van der Waals surface area contributed by atoms with Crippen molar-refractivity contribution in [1.29, 1.82) is 0 Å². The Morgan fingerprint density at radius 2 is 1.55 bits per heavy atom. The number of benzene rings is 2. The number of ether oxygens (including phenoxy) is 3. The molecule has 0 unspecified atom stereocenters. The number of halogens is 1. The lowest BCUT2D eigenvalue weighted by Crippen LogP contribution is -2.30. The standard InChI is InChI=1S/C21H22FNO6/c1-4-27-20(25)14-9-15(21(26)28-5-2)11-18(10-14)29-13(3)19(24)23-17-8-6-7-16(22)12-17/h6-13H,4-5H2,1-3H3,(H,23,24)/t13-/m1/s1. The lowest BCUT2D eigenvalue weighted by molar-refractivity contribution is -0.122. The Morgan fingerprint density at radius 3 is 2.07 bits per heavy atom. The number of amides is 1. The normalized spacial score (nSPS) is 11.3. The third-order valence-corrected chi connectivity index (χ3v) is 3.70. The van der Waals surface area contributed by atoms with Gasteiger partial charge < -0.3 is 19.5 Å². The van der Waals surface area contributed by atoms with Crippen LogP contribution in [0.15, 0.2) is 42.5 Å². The summed E-state index contributed by atoms with van der Waals surface area (Å²) in [6, 6.07) is 9.50. The van der Waals surface area contributed by atoms with Crippen LogP contribution in [0.25, 0.3) is 0 Å². The minimum absolute atomic E-state index is 0.0881. The van der Waals surface area contributed by atoms with Gasteiger partial charge in [0, 0.05) is 5.69 Å². The van der Waals surface area contributed by atoms with Crippen LogP contribution in [0, 0.1) is 5.82 Å². The highest BCUT2D eigenvalue weighted by Gasteiger charge is 2.19. The zero-order valence-electron chi connectivity index (χ0n) is 16.4. The van der Waals surface area contributed by atoms with Crippen molar-refractivity contribution in [3.63, 3.8) is 0 Å². The fourth-order valence-corrected chi connectivity index (χ4v) is 2.40. The second-order valence-corrected chi connectivity index (χ2v) is 5.95. The van der Waals surface area contributed by atoms with E-state index in [4.69, 9.17) is 14.2 Å². The summed E-state index contributed by atoms with van der Waals surface area (Å²) in [7, 11) is 0. The van der Waals surface area contributed by atoms with Gasteiger partial charge in [-0.25, -0.2) is 14.0 Å². The number of carbonyl (C=O) groups excluding carboxylic acids is 3. The van der Waals surface area contributed by atoms with Gasteiger partial charge in [-0.15, -0.1) is 0 Å². The Bertz CT molecular complexity index is 862. The van der Waals surface area contributed by atoms with E-state index in [9.17, 15) is 18.8 Å².